The molecule has 1 atom stereocenters. The third-order valence-electron chi connectivity index (χ3n) is 4.24. The number of carbonyl (C=O) groups is 2. The SMILES string of the molecule is CC(=O)Nc1cccc(C(=O)N(Cc2ccccn2)C[C@H]2CCCO2)c1. The number of amides is 2. The van der Waals surface area contributed by atoms with Gasteiger partial charge in [-0.3, -0.25) is 14.6 Å². The van der Waals surface area contributed by atoms with Crippen LogP contribution in [0.1, 0.15) is 35.8 Å². The van der Waals surface area contributed by atoms with Gasteiger partial charge in [0.15, 0.2) is 0 Å². The van der Waals surface area contributed by atoms with Gasteiger partial charge in [-0.2, -0.15) is 0 Å². The van der Waals surface area contributed by atoms with E-state index in [1.165, 1.54) is 6.92 Å². The van der Waals surface area contributed by atoms with Crippen molar-refractivity contribution in [2.45, 2.75) is 32.4 Å². The Hall–Kier alpha value is -2.73. The lowest BCUT2D eigenvalue weighted by molar-refractivity contribution is -0.114. The Morgan fingerprint density at radius 3 is 2.85 bits per heavy atom. The van der Waals surface area contributed by atoms with Gasteiger partial charge in [0, 0.05) is 37.5 Å². The van der Waals surface area contributed by atoms with E-state index >= 15 is 0 Å². The molecule has 1 aromatic carbocycles. The summed E-state index contributed by atoms with van der Waals surface area (Å²) in [7, 11) is 0. The van der Waals surface area contributed by atoms with Crippen LogP contribution in [0.25, 0.3) is 0 Å². The number of benzene rings is 1. The molecule has 0 saturated carbocycles. The smallest absolute Gasteiger partial charge is 0.254 e. The van der Waals surface area contributed by atoms with Crippen LogP contribution < -0.4 is 5.32 Å². The zero-order chi connectivity index (χ0) is 18.4. The predicted molar refractivity (Wildman–Crippen MR) is 98.7 cm³/mol. The van der Waals surface area contributed by atoms with Crippen LogP contribution in [0.3, 0.4) is 0 Å². The number of nitrogens with one attached hydrogen (secondary N) is 1. The van der Waals surface area contributed by atoms with E-state index in [0.717, 1.165) is 25.1 Å². The number of aromatic nitrogens is 1. The highest BCUT2D eigenvalue weighted by Crippen LogP contribution is 2.18. The molecule has 26 heavy (non-hydrogen) atoms. The lowest BCUT2D eigenvalue weighted by atomic mass is 10.1. The molecule has 0 aliphatic carbocycles. The molecule has 1 aliphatic heterocycles. The molecule has 1 N–H and O–H groups in total. The van der Waals surface area contributed by atoms with E-state index in [2.05, 4.69) is 10.3 Å². The van der Waals surface area contributed by atoms with Crippen LogP contribution in [-0.2, 0) is 16.1 Å². The number of pyridine rings is 1. The van der Waals surface area contributed by atoms with Crippen molar-refractivity contribution >= 4 is 17.5 Å². The molecular weight excluding hydrogens is 330 g/mol. The van der Waals surface area contributed by atoms with Gasteiger partial charge in [0.1, 0.15) is 0 Å². The van der Waals surface area contributed by atoms with E-state index in [-0.39, 0.29) is 17.9 Å². The topological polar surface area (TPSA) is 71.5 Å². The maximum absolute atomic E-state index is 13.1. The largest absolute Gasteiger partial charge is 0.376 e. The normalized spacial score (nSPS) is 16.3. The summed E-state index contributed by atoms with van der Waals surface area (Å²) in [5, 5.41) is 2.72. The first-order valence-corrected chi connectivity index (χ1v) is 8.80. The lowest BCUT2D eigenvalue weighted by Crippen LogP contribution is -2.37. The van der Waals surface area contributed by atoms with Crippen molar-refractivity contribution < 1.29 is 14.3 Å². The fraction of sp³-hybridized carbons (Fsp3) is 0.350. The standard InChI is InChI=1S/C20H23N3O3/c1-15(24)22-17-8-4-6-16(12-17)20(25)23(14-19-9-5-11-26-19)13-18-7-2-3-10-21-18/h2-4,6-8,10,12,19H,5,9,11,13-14H2,1H3,(H,22,24)/t19-/m1/s1. The van der Waals surface area contributed by atoms with Crippen molar-refractivity contribution in [3.05, 3.63) is 59.9 Å². The number of nitrogens with zero attached hydrogens (tertiary/aromatic N) is 2. The maximum Gasteiger partial charge on any atom is 0.254 e. The quantitative estimate of drug-likeness (QED) is 0.867. The summed E-state index contributed by atoms with van der Waals surface area (Å²) in [4.78, 5) is 30.5. The van der Waals surface area contributed by atoms with Crippen LogP contribution in [-0.4, -0.2) is 41.0 Å². The average molecular weight is 353 g/mol. The van der Waals surface area contributed by atoms with Crippen LogP contribution in [0.5, 0.6) is 0 Å². The summed E-state index contributed by atoms with van der Waals surface area (Å²) in [6.07, 6.45) is 3.76. The molecule has 2 heterocycles. The number of ether oxygens (including phenoxy) is 1. The Morgan fingerprint density at radius 2 is 2.15 bits per heavy atom. The van der Waals surface area contributed by atoms with Gasteiger partial charge in [0.2, 0.25) is 5.91 Å². The van der Waals surface area contributed by atoms with Gasteiger partial charge in [0.25, 0.3) is 5.91 Å². The summed E-state index contributed by atoms with van der Waals surface area (Å²) in [6.45, 7) is 3.14. The van der Waals surface area contributed by atoms with Crippen molar-refractivity contribution in [3.8, 4) is 0 Å². The van der Waals surface area contributed by atoms with Crippen molar-refractivity contribution in [1.82, 2.24) is 9.88 Å². The Morgan fingerprint density at radius 1 is 1.27 bits per heavy atom. The monoisotopic (exact) mass is 353 g/mol. The predicted octanol–water partition coefficient (Wildman–Crippen LogP) is 2.86. The molecule has 1 saturated heterocycles. The van der Waals surface area contributed by atoms with Gasteiger partial charge >= 0.3 is 0 Å². The highest BCUT2D eigenvalue weighted by Gasteiger charge is 2.24. The lowest BCUT2D eigenvalue weighted by Gasteiger charge is -2.25. The van der Waals surface area contributed by atoms with Gasteiger partial charge in [-0.1, -0.05) is 12.1 Å². The summed E-state index contributed by atoms with van der Waals surface area (Å²) in [5.41, 5.74) is 1.97. The Bertz CT molecular complexity index is 758. The molecule has 136 valence electrons. The fourth-order valence-corrected chi connectivity index (χ4v) is 3.06. The molecule has 1 aliphatic rings. The molecular formula is C20H23N3O3. The van der Waals surface area contributed by atoms with Crippen LogP contribution in [0.15, 0.2) is 48.7 Å². The van der Waals surface area contributed by atoms with Gasteiger partial charge < -0.3 is 15.0 Å². The third-order valence-corrected chi connectivity index (χ3v) is 4.24. The summed E-state index contributed by atoms with van der Waals surface area (Å²) in [6, 6.07) is 12.7. The third kappa shape index (κ3) is 4.89. The minimum absolute atomic E-state index is 0.0567. The zero-order valence-electron chi connectivity index (χ0n) is 14.9. The van der Waals surface area contributed by atoms with Crippen molar-refractivity contribution in [2.75, 3.05) is 18.5 Å². The molecule has 0 unspecified atom stereocenters. The Kier molecular flexibility index (Phi) is 5.96. The highest BCUT2D eigenvalue weighted by molar-refractivity contribution is 5.96. The second-order valence-corrected chi connectivity index (χ2v) is 6.40. The molecule has 2 amide bonds. The number of anilines is 1. The molecule has 0 radical (unpaired) electrons. The molecule has 3 rings (SSSR count). The average Bonchev–Trinajstić information content (AvgIpc) is 3.14. The first-order valence-electron chi connectivity index (χ1n) is 8.80. The van der Waals surface area contributed by atoms with Crippen molar-refractivity contribution in [2.24, 2.45) is 0 Å². The van der Waals surface area contributed by atoms with E-state index in [4.69, 9.17) is 4.74 Å². The summed E-state index contributed by atoms with van der Waals surface area (Å²) in [5.74, 6) is -0.266. The van der Waals surface area contributed by atoms with Gasteiger partial charge in [0.05, 0.1) is 18.3 Å². The zero-order valence-corrected chi connectivity index (χ0v) is 14.9. The van der Waals surface area contributed by atoms with Crippen LogP contribution in [0.4, 0.5) is 5.69 Å². The molecule has 6 nitrogen and oxygen atoms in total. The first kappa shape index (κ1) is 18.1. The van der Waals surface area contributed by atoms with E-state index in [9.17, 15) is 9.59 Å². The Balaban J connectivity index is 1.80. The highest BCUT2D eigenvalue weighted by atomic mass is 16.5. The fourth-order valence-electron chi connectivity index (χ4n) is 3.06. The van der Waals surface area contributed by atoms with E-state index in [1.807, 2.05) is 18.2 Å². The second kappa shape index (κ2) is 8.58. The van der Waals surface area contributed by atoms with E-state index < -0.39 is 0 Å². The number of rotatable bonds is 6. The van der Waals surface area contributed by atoms with Gasteiger partial charge in [-0.15, -0.1) is 0 Å². The van der Waals surface area contributed by atoms with E-state index in [0.29, 0.717) is 24.3 Å². The van der Waals surface area contributed by atoms with Gasteiger partial charge in [-0.05, 0) is 43.2 Å². The molecule has 1 aromatic heterocycles. The van der Waals surface area contributed by atoms with Crippen LogP contribution >= 0.6 is 0 Å². The molecule has 6 heteroatoms. The number of hydrogen-bond acceptors (Lipinski definition) is 4. The molecule has 1 fully saturated rings. The molecule has 0 spiro atoms. The molecule has 0 bridgehead atoms. The minimum atomic E-state index is -0.167. The number of hydrogen-bond donors (Lipinski definition) is 1. The molecule has 2 aromatic rings. The summed E-state index contributed by atoms with van der Waals surface area (Å²) < 4.78 is 5.71. The van der Waals surface area contributed by atoms with Crippen molar-refractivity contribution in [3.63, 3.8) is 0 Å². The van der Waals surface area contributed by atoms with Gasteiger partial charge in [-0.25, -0.2) is 0 Å². The maximum atomic E-state index is 13.1. The summed E-state index contributed by atoms with van der Waals surface area (Å²) >= 11 is 0. The minimum Gasteiger partial charge on any atom is -0.376 e. The van der Waals surface area contributed by atoms with Crippen LogP contribution in [0, 0.1) is 0 Å². The first-order chi connectivity index (χ1) is 12.6. The van der Waals surface area contributed by atoms with Crippen molar-refractivity contribution in [1.29, 1.82) is 0 Å². The second-order valence-electron chi connectivity index (χ2n) is 6.40. The van der Waals surface area contributed by atoms with E-state index in [1.54, 1.807) is 35.4 Å². The van der Waals surface area contributed by atoms with Crippen LogP contribution in [0.2, 0.25) is 0 Å². The number of carbonyl (C=O) groups excluding carboxylic acids is 2. The Labute approximate surface area is 153 Å².